The highest BCUT2D eigenvalue weighted by Crippen LogP contribution is 2.47. The molecule has 3 aromatic carbocycles. The van der Waals surface area contributed by atoms with Crippen molar-refractivity contribution in [2.45, 2.75) is 78.9 Å². The molecule has 0 unspecified atom stereocenters. The number of nitrogens with zero attached hydrogens (tertiary/aromatic N) is 3. The molecule has 6 rings (SSSR count). The second-order valence-electron chi connectivity index (χ2n) is 9.90. The van der Waals surface area contributed by atoms with E-state index in [9.17, 15) is 0 Å². The minimum absolute atomic E-state index is 1.06. The van der Waals surface area contributed by atoms with Gasteiger partial charge in [-0.15, -0.1) is 0 Å². The van der Waals surface area contributed by atoms with Crippen LogP contribution in [0.5, 0.6) is 0 Å². The number of rotatable bonds is 9. The van der Waals surface area contributed by atoms with Gasteiger partial charge in [-0.3, -0.25) is 0 Å². The molecule has 0 aliphatic carbocycles. The van der Waals surface area contributed by atoms with E-state index in [2.05, 4.69) is 89.1 Å². The van der Waals surface area contributed by atoms with Crippen LogP contribution in [0.2, 0.25) is 0 Å². The molecule has 0 radical (unpaired) electrons. The maximum atomic E-state index is 2.61. The van der Waals surface area contributed by atoms with Gasteiger partial charge in [-0.05, 0) is 37.1 Å². The van der Waals surface area contributed by atoms with E-state index in [0.29, 0.717) is 0 Å². The first-order valence-corrected chi connectivity index (χ1v) is 13.4. The molecule has 2 aliphatic rings. The van der Waals surface area contributed by atoms with Gasteiger partial charge in [0.15, 0.2) is 0 Å². The number of aryl methyl sites for hydroxylation is 3. The molecule has 0 bridgehead atoms. The zero-order valence-electron chi connectivity index (χ0n) is 20.9. The Hall–Kier alpha value is -3.07. The number of unbranched alkanes of at least 4 members (excludes halogenated alkanes) is 3. The van der Waals surface area contributed by atoms with Gasteiger partial charge in [0.05, 0.1) is 32.8 Å². The predicted octanol–water partition coefficient (Wildman–Crippen LogP) is 8.13. The summed E-state index contributed by atoms with van der Waals surface area (Å²) in [6, 6.07) is 20.9. The summed E-state index contributed by atoms with van der Waals surface area (Å²) in [5, 5.41) is 2.90. The molecule has 0 spiro atoms. The highest BCUT2D eigenvalue weighted by molar-refractivity contribution is 6.24. The largest absolute Gasteiger partial charge is 0.340 e. The maximum absolute atomic E-state index is 2.61. The van der Waals surface area contributed by atoms with Crippen LogP contribution in [0.4, 0.5) is 0 Å². The van der Waals surface area contributed by atoms with E-state index < -0.39 is 0 Å². The molecule has 0 saturated heterocycles. The molecule has 4 aromatic rings. The summed E-state index contributed by atoms with van der Waals surface area (Å²) in [5.74, 6) is 0. The van der Waals surface area contributed by atoms with E-state index >= 15 is 0 Å². The SMILES string of the molecule is CCCCn1c2cccc3c2-c2c4c1cccc4[n+](CCCC)c1cccc(c21)n3CCCC. The van der Waals surface area contributed by atoms with Crippen molar-refractivity contribution in [2.75, 3.05) is 0 Å². The number of benzene rings is 3. The highest BCUT2D eigenvalue weighted by Gasteiger charge is 2.31. The number of hydrogen-bond acceptors (Lipinski definition) is 0. The van der Waals surface area contributed by atoms with Crippen LogP contribution >= 0.6 is 0 Å². The normalized spacial score (nSPS) is 12.4. The fraction of sp³-hybridized carbons (Fsp3) is 0.387. The summed E-state index contributed by atoms with van der Waals surface area (Å²) in [5.41, 5.74) is 11.2. The third-order valence-corrected chi connectivity index (χ3v) is 7.76. The topological polar surface area (TPSA) is 13.7 Å². The van der Waals surface area contributed by atoms with Gasteiger partial charge in [-0.2, -0.15) is 4.57 Å². The first-order chi connectivity index (χ1) is 16.8. The van der Waals surface area contributed by atoms with Crippen molar-refractivity contribution in [1.29, 1.82) is 0 Å². The van der Waals surface area contributed by atoms with Crippen molar-refractivity contribution in [1.82, 2.24) is 9.13 Å². The van der Waals surface area contributed by atoms with Crippen molar-refractivity contribution < 1.29 is 4.57 Å². The number of pyridine rings is 3. The molecule has 174 valence electrons. The van der Waals surface area contributed by atoms with E-state index in [-0.39, 0.29) is 0 Å². The zero-order chi connectivity index (χ0) is 23.2. The van der Waals surface area contributed by atoms with Gasteiger partial charge < -0.3 is 9.13 Å². The Kier molecular flexibility index (Phi) is 5.44. The van der Waals surface area contributed by atoms with Crippen LogP contribution in [0.15, 0.2) is 54.6 Å². The van der Waals surface area contributed by atoms with Crippen molar-refractivity contribution >= 4 is 43.9 Å². The minimum Gasteiger partial charge on any atom is -0.340 e. The quantitative estimate of drug-likeness (QED) is 0.120. The third kappa shape index (κ3) is 2.99. The molecule has 0 saturated carbocycles. The third-order valence-electron chi connectivity index (χ3n) is 7.76. The molecule has 2 aliphatic heterocycles. The van der Waals surface area contributed by atoms with E-state index in [4.69, 9.17) is 0 Å². The standard InChI is InChI=1S/C31H36N3/c1-4-7-19-32-22-13-10-15-24-28(22)31-29-23(32)14-11-16-25(29)34(21-9-6-3)27-18-12-17-26(30(27)31)33(24)20-8-5-2/h10-18H,4-9,19-21H2,1-3H3/q+1. The molecule has 3 heteroatoms. The Morgan fingerprint density at radius 2 is 1.03 bits per heavy atom. The fourth-order valence-electron chi connectivity index (χ4n) is 6.14. The molecular formula is C31H36N3+. The maximum Gasteiger partial charge on any atom is 0.215 e. The second-order valence-corrected chi connectivity index (χ2v) is 9.90. The fourth-order valence-corrected chi connectivity index (χ4v) is 6.14. The Labute approximate surface area is 202 Å². The zero-order valence-corrected chi connectivity index (χ0v) is 20.9. The van der Waals surface area contributed by atoms with Crippen LogP contribution in [-0.4, -0.2) is 9.13 Å². The highest BCUT2D eigenvalue weighted by atomic mass is 15.0. The average molecular weight is 451 g/mol. The summed E-state index contributed by atoms with van der Waals surface area (Å²) in [6.45, 7) is 10.1. The van der Waals surface area contributed by atoms with E-state index in [1.54, 1.807) is 0 Å². The summed E-state index contributed by atoms with van der Waals surface area (Å²) < 4.78 is 7.83. The van der Waals surface area contributed by atoms with E-state index in [1.165, 1.54) is 93.5 Å². The monoisotopic (exact) mass is 450 g/mol. The van der Waals surface area contributed by atoms with Crippen LogP contribution in [0.1, 0.15) is 59.3 Å². The second kappa shape index (κ2) is 8.61. The summed E-state index contributed by atoms with van der Waals surface area (Å²) in [7, 11) is 0. The lowest BCUT2D eigenvalue weighted by atomic mass is 9.89. The lowest BCUT2D eigenvalue weighted by Crippen LogP contribution is -2.36. The molecule has 3 heterocycles. The average Bonchev–Trinajstić information content (AvgIpc) is 2.87. The molecular weight excluding hydrogens is 414 g/mol. The molecule has 0 fully saturated rings. The van der Waals surface area contributed by atoms with Gasteiger partial charge in [-0.1, -0.05) is 58.2 Å². The molecule has 34 heavy (non-hydrogen) atoms. The van der Waals surface area contributed by atoms with E-state index in [1.807, 2.05) is 0 Å². The first kappa shape index (κ1) is 21.5. The van der Waals surface area contributed by atoms with Gasteiger partial charge in [-0.25, -0.2) is 0 Å². The number of hydrogen-bond donors (Lipinski definition) is 0. The first-order valence-electron chi connectivity index (χ1n) is 13.4. The smallest absolute Gasteiger partial charge is 0.215 e. The van der Waals surface area contributed by atoms with Crippen molar-refractivity contribution in [3.8, 4) is 11.1 Å². The van der Waals surface area contributed by atoms with Crippen LogP contribution < -0.4 is 4.57 Å². The van der Waals surface area contributed by atoms with Crippen molar-refractivity contribution in [2.24, 2.45) is 0 Å². The predicted molar refractivity (Wildman–Crippen MR) is 145 cm³/mol. The van der Waals surface area contributed by atoms with Crippen molar-refractivity contribution in [3.63, 3.8) is 0 Å². The molecule has 0 atom stereocenters. The van der Waals surface area contributed by atoms with Crippen LogP contribution in [0, 0.1) is 0 Å². The van der Waals surface area contributed by atoms with Gasteiger partial charge in [0, 0.05) is 42.8 Å². The molecule has 0 amide bonds. The van der Waals surface area contributed by atoms with Crippen molar-refractivity contribution in [3.05, 3.63) is 54.6 Å². The minimum atomic E-state index is 1.06. The Morgan fingerprint density at radius 3 is 1.53 bits per heavy atom. The lowest BCUT2D eigenvalue weighted by Gasteiger charge is -2.28. The van der Waals surface area contributed by atoms with Gasteiger partial charge in [0.1, 0.15) is 6.54 Å². The Bertz CT molecular complexity index is 1460. The van der Waals surface area contributed by atoms with Gasteiger partial charge in [0.2, 0.25) is 11.0 Å². The van der Waals surface area contributed by atoms with Crippen LogP contribution in [0.25, 0.3) is 55.0 Å². The van der Waals surface area contributed by atoms with Crippen LogP contribution in [0.3, 0.4) is 0 Å². The Balaban J connectivity index is 1.89. The number of aromatic nitrogens is 3. The Morgan fingerprint density at radius 1 is 0.559 bits per heavy atom. The summed E-state index contributed by atoms with van der Waals surface area (Å²) >= 11 is 0. The molecule has 0 N–H and O–H groups in total. The van der Waals surface area contributed by atoms with Gasteiger partial charge in [0.25, 0.3) is 0 Å². The summed E-state index contributed by atoms with van der Waals surface area (Å²) in [6.07, 6.45) is 7.21. The van der Waals surface area contributed by atoms with Crippen LogP contribution in [-0.2, 0) is 19.6 Å². The van der Waals surface area contributed by atoms with E-state index in [0.717, 1.165) is 19.6 Å². The van der Waals surface area contributed by atoms with Gasteiger partial charge >= 0.3 is 0 Å². The summed E-state index contributed by atoms with van der Waals surface area (Å²) in [4.78, 5) is 0. The molecule has 3 nitrogen and oxygen atoms in total. The molecule has 1 aromatic heterocycles. The lowest BCUT2D eigenvalue weighted by molar-refractivity contribution is -0.645.